The zero-order chi connectivity index (χ0) is 18.9. The lowest BCUT2D eigenvalue weighted by atomic mass is 10.0. The van der Waals surface area contributed by atoms with Crippen LogP contribution < -0.4 is 10.6 Å². The maximum Gasteiger partial charge on any atom is 0.228 e. The zero-order valence-electron chi connectivity index (χ0n) is 16.7. The highest BCUT2D eigenvalue weighted by Crippen LogP contribution is 2.13. The quantitative estimate of drug-likeness (QED) is 0.348. The number of likely N-dealkylation sites (tertiary alicyclic amines) is 1. The molecule has 2 N–H and O–H groups in total. The Bertz CT molecular complexity index is 712. The molecule has 1 aliphatic rings. The van der Waals surface area contributed by atoms with Gasteiger partial charge in [-0.25, -0.2) is 0 Å². The third kappa shape index (κ3) is 7.38. The third-order valence-corrected chi connectivity index (χ3v) is 4.69. The van der Waals surface area contributed by atoms with Crippen LogP contribution in [0.1, 0.15) is 37.0 Å². The van der Waals surface area contributed by atoms with Crippen LogP contribution in [0, 0.1) is 6.92 Å². The minimum absolute atomic E-state index is 0. The lowest BCUT2D eigenvalue weighted by Crippen LogP contribution is -2.48. The van der Waals surface area contributed by atoms with E-state index in [0.29, 0.717) is 30.7 Å². The van der Waals surface area contributed by atoms with Crippen LogP contribution in [0.15, 0.2) is 39.8 Å². The summed E-state index contributed by atoms with van der Waals surface area (Å²) < 4.78 is 5.14. The molecule has 3 rings (SSSR count). The summed E-state index contributed by atoms with van der Waals surface area (Å²) in [6, 6.07) is 11.1. The molecular formula is C20H31IN6O. The largest absolute Gasteiger partial charge is 0.357 e. The normalized spacial score (nSPS) is 15.9. The predicted octanol–water partition coefficient (Wildman–Crippen LogP) is 2.76. The van der Waals surface area contributed by atoms with E-state index in [1.165, 1.54) is 5.56 Å². The van der Waals surface area contributed by atoms with E-state index in [1.807, 2.05) is 6.92 Å². The van der Waals surface area contributed by atoms with Crippen molar-refractivity contribution in [1.29, 1.82) is 0 Å². The summed E-state index contributed by atoms with van der Waals surface area (Å²) in [7, 11) is 0. The van der Waals surface area contributed by atoms with Gasteiger partial charge in [-0.3, -0.25) is 9.89 Å². The highest BCUT2D eigenvalue weighted by Gasteiger charge is 2.20. The number of nitrogens with zero attached hydrogens (tertiary/aromatic N) is 4. The summed E-state index contributed by atoms with van der Waals surface area (Å²) in [6.07, 6.45) is 2.91. The number of aromatic nitrogens is 2. The number of aliphatic imine (C=N–C) groups is 1. The molecule has 0 unspecified atom stereocenters. The van der Waals surface area contributed by atoms with E-state index in [2.05, 4.69) is 67.9 Å². The molecule has 2 aromatic rings. The Kier molecular flexibility index (Phi) is 9.69. The number of hydrogen-bond donors (Lipinski definition) is 2. The van der Waals surface area contributed by atoms with E-state index in [9.17, 15) is 0 Å². The summed E-state index contributed by atoms with van der Waals surface area (Å²) in [5, 5.41) is 10.7. The van der Waals surface area contributed by atoms with E-state index in [0.717, 1.165) is 45.0 Å². The predicted molar refractivity (Wildman–Crippen MR) is 122 cm³/mol. The topological polar surface area (TPSA) is 78.6 Å². The summed E-state index contributed by atoms with van der Waals surface area (Å²) >= 11 is 0. The molecule has 0 spiro atoms. The fourth-order valence-corrected chi connectivity index (χ4v) is 3.30. The van der Waals surface area contributed by atoms with Crippen LogP contribution in [0.2, 0.25) is 0 Å². The van der Waals surface area contributed by atoms with Gasteiger partial charge in [0.15, 0.2) is 11.8 Å². The number of aryl methyl sites for hydroxylation is 1. The minimum atomic E-state index is 0. The van der Waals surface area contributed by atoms with Crippen molar-refractivity contribution in [2.24, 2.45) is 4.99 Å². The molecule has 0 bridgehead atoms. The molecule has 1 aromatic heterocycles. The van der Waals surface area contributed by atoms with Crippen LogP contribution >= 0.6 is 24.0 Å². The van der Waals surface area contributed by atoms with Gasteiger partial charge in [0.2, 0.25) is 5.89 Å². The molecule has 1 aliphatic heterocycles. The van der Waals surface area contributed by atoms with Crippen LogP contribution in [0.3, 0.4) is 0 Å². The Balaban J connectivity index is 0.00000280. The number of rotatable bonds is 7. The molecule has 1 aromatic carbocycles. The van der Waals surface area contributed by atoms with Gasteiger partial charge in [0.25, 0.3) is 0 Å². The van der Waals surface area contributed by atoms with Crippen molar-refractivity contribution in [3.63, 3.8) is 0 Å². The van der Waals surface area contributed by atoms with E-state index < -0.39 is 0 Å². The smallest absolute Gasteiger partial charge is 0.228 e. The summed E-state index contributed by atoms with van der Waals surface area (Å²) in [6.45, 7) is 8.63. The molecule has 0 radical (unpaired) electrons. The number of guanidine groups is 1. The van der Waals surface area contributed by atoms with Crippen LogP contribution in [-0.2, 0) is 13.0 Å². The fourth-order valence-electron chi connectivity index (χ4n) is 3.30. The molecular weight excluding hydrogens is 467 g/mol. The van der Waals surface area contributed by atoms with Gasteiger partial charge in [-0.1, -0.05) is 35.5 Å². The van der Waals surface area contributed by atoms with Gasteiger partial charge in [0.1, 0.15) is 0 Å². The Morgan fingerprint density at radius 1 is 1.25 bits per heavy atom. The summed E-state index contributed by atoms with van der Waals surface area (Å²) in [5.41, 5.74) is 1.38. The maximum atomic E-state index is 5.14. The molecule has 7 nitrogen and oxygen atoms in total. The summed E-state index contributed by atoms with van der Waals surface area (Å²) in [5.74, 6) is 2.18. The Labute approximate surface area is 184 Å². The highest BCUT2D eigenvalue weighted by molar-refractivity contribution is 14.0. The van der Waals surface area contributed by atoms with E-state index in [-0.39, 0.29) is 24.0 Å². The van der Waals surface area contributed by atoms with Crippen LogP contribution in [0.4, 0.5) is 0 Å². The van der Waals surface area contributed by atoms with Gasteiger partial charge < -0.3 is 15.2 Å². The van der Waals surface area contributed by atoms with E-state index in [4.69, 9.17) is 4.52 Å². The maximum absolute atomic E-state index is 5.14. The van der Waals surface area contributed by atoms with E-state index >= 15 is 0 Å². The standard InChI is InChI=1S/C20H30N6O.HI/c1-3-21-20(22-12-9-19-23-16(2)25-27-19)24-18-10-13-26(14-11-18)15-17-7-5-4-6-8-17;/h4-8,18H,3,9-15H2,1-2H3,(H2,21,22,24);1H. The fraction of sp³-hybridized carbons (Fsp3) is 0.550. The van der Waals surface area contributed by atoms with Crippen molar-refractivity contribution in [3.05, 3.63) is 47.6 Å². The lowest BCUT2D eigenvalue weighted by molar-refractivity contribution is 0.198. The molecule has 154 valence electrons. The van der Waals surface area contributed by atoms with Gasteiger partial charge in [0, 0.05) is 38.6 Å². The van der Waals surface area contributed by atoms with Gasteiger partial charge in [-0.15, -0.1) is 24.0 Å². The average Bonchev–Trinajstić information content (AvgIpc) is 3.09. The van der Waals surface area contributed by atoms with Gasteiger partial charge >= 0.3 is 0 Å². The monoisotopic (exact) mass is 498 g/mol. The Morgan fingerprint density at radius 3 is 2.64 bits per heavy atom. The molecule has 0 amide bonds. The SMILES string of the molecule is CCNC(=NCCc1nc(C)no1)NC1CCN(Cc2ccccc2)CC1.I. The molecule has 0 aliphatic carbocycles. The second-order valence-electron chi connectivity index (χ2n) is 6.93. The molecule has 2 heterocycles. The van der Waals surface area contributed by atoms with Crippen molar-refractivity contribution in [3.8, 4) is 0 Å². The first kappa shape index (κ1) is 22.6. The van der Waals surface area contributed by atoms with Crippen molar-refractivity contribution in [2.75, 3.05) is 26.2 Å². The number of hydrogen-bond acceptors (Lipinski definition) is 5. The number of benzene rings is 1. The number of nitrogens with one attached hydrogen (secondary N) is 2. The van der Waals surface area contributed by atoms with E-state index in [1.54, 1.807) is 0 Å². The second-order valence-corrected chi connectivity index (χ2v) is 6.93. The van der Waals surface area contributed by atoms with Crippen LogP contribution in [-0.4, -0.2) is 53.2 Å². The molecule has 8 heteroatoms. The number of halogens is 1. The average molecular weight is 498 g/mol. The van der Waals surface area contributed by atoms with Crippen molar-refractivity contribution in [1.82, 2.24) is 25.7 Å². The van der Waals surface area contributed by atoms with Crippen molar-refractivity contribution in [2.45, 2.75) is 45.7 Å². The van der Waals surface area contributed by atoms with Crippen LogP contribution in [0.25, 0.3) is 0 Å². The van der Waals surface area contributed by atoms with Gasteiger partial charge in [-0.05, 0) is 32.3 Å². The van der Waals surface area contributed by atoms with Crippen molar-refractivity contribution >= 4 is 29.9 Å². The first-order valence-corrected chi connectivity index (χ1v) is 9.83. The molecule has 0 atom stereocenters. The lowest BCUT2D eigenvalue weighted by Gasteiger charge is -2.33. The minimum Gasteiger partial charge on any atom is -0.357 e. The molecule has 28 heavy (non-hydrogen) atoms. The Hall–Kier alpha value is -1.68. The third-order valence-electron chi connectivity index (χ3n) is 4.69. The molecule has 1 fully saturated rings. The van der Waals surface area contributed by atoms with Crippen LogP contribution in [0.5, 0.6) is 0 Å². The Morgan fingerprint density at radius 2 is 2.00 bits per heavy atom. The summed E-state index contributed by atoms with van der Waals surface area (Å²) in [4.78, 5) is 11.4. The number of piperidine rings is 1. The van der Waals surface area contributed by atoms with Crippen molar-refractivity contribution < 1.29 is 4.52 Å². The molecule has 0 saturated carbocycles. The highest BCUT2D eigenvalue weighted by atomic mass is 127. The second kappa shape index (κ2) is 12.0. The van der Waals surface area contributed by atoms with Gasteiger partial charge in [-0.2, -0.15) is 4.98 Å². The first-order valence-electron chi connectivity index (χ1n) is 9.83. The first-order chi connectivity index (χ1) is 13.2. The van der Waals surface area contributed by atoms with Gasteiger partial charge in [0.05, 0.1) is 6.54 Å². The zero-order valence-corrected chi connectivity index (χ0v) is 19.1. The molecule has 1 saturated heterocycles.